The Bertz CT molecular complexity index is 500. The summed E-state index contributed by atoms with van der Waals surface area (Å²) in [6.07, 6.45) is 1.49. The molecule has 1 saturated carbocycles. The van der Waals surface area contributed by atoms with Gasteiger partial charge in [-0.05, 0) is 12.0 Å². The number of hydrogen-bond donors (Lipinski definition) is 1. The average Bonchev–Trinajstić information content (AvgIpc) is 3.09. The number of rotatable bonds is 3. The molecule has 0 bridgehead atoms. The Balaban J connectivity index is 1.63. The quantitative estimate of drug-likeness (QED) is 0.888. The van der Waals surface area contributed by atoms with Gasteiger partial charge in [-0.25, -0.2) is 0 Å². The normalized spacial score (nSPS) is 29.4. The van der Waals surface area contributed by atoms with Gasteiger partial charge in [0.2, 0.25) is 11.8 Å². The molecule has 19 heavy (non-hydrogen) atoms. The van der Waals surface area contributed by atoms with Gasteiger partial charge in [0.25, 0.3) is 0 Å². The smallest absolute Gasteiger partial charge is 0.225 e. The molecule has 1 aromatic carbocycles. The molecule has 1 saturated heterocycles. The molecular formula is C15H18N2O2. The second-order valence-electron chi connectivity index (χ2n) is 5.47. The van der Waals surface area contributed by atoms with E-state index >= 15 is 0 Å². The van der Waals surface area contributed by atoms with E-state index in [0.29, 0.717) is 24.9 Å². The highest BCUT2D eigenvalue weighted by atomic mass is 16.2. The average molecular weight is 258 g/mol. The number of nitrogens with zero attached hydrogens (tertiary/aromatic N) is 1. The number of hydrogen-bond acceptors (Lipinski definition) is 2. The lowest BCUT2D eigenvalue weighted by Gasteiger charge is -2.17. The first-order valence-corrected chi connectivity index (χ1v) is 6.76. The van der Waals surface area contributed by atoms with Crippen LogP contribution in [0.5, 0.6) is 0 Å². The summed E-state index contributed by atoms with van der Waals surface area (Å²) in [4.78, 5) is 25.0. The molecule has 0 unspecified atom stereocenters. The third kappa shape index (κ3) is 2.48. The van der Waals surface area contributed by atoms with Gasteiger partial charge in [0.1, 0.15) is 0 Å². The van der Waals surface area contributed by atoms with Crippen molar-refractivity contribution in [3.8, 4) is 0 Å². The molecule has 1 heterocycles. The van der Waals surface area contributed by atoms with Gasteiger partial charge in [0.15, 0.2) is 0 Å². The van der Waals surface area contributed by atoms with Gasteiger partial charge in [-0.3, -0.25) is 9.59 Å². The zero-order chi connectivity index (χ0) is 13.4. The molecule has 0 aromatic heterocycles. The molecule has 2 aliphatic rings. The summed E-state index contributed by atoms with van der Waals surface area (Å²) in [5, 5.41) is 2.84. The fourth-order valence-electron chi connectivity index (χ4n) is 3.02. The molecule has 1 aromatic rings. The van der Waals surface area contributed by atoms with E-state index in [9.17, 15) is 9.59 Å². The van der Waals surface area contributed by atoms with Gasteiger partial charge in [0, 0.05) is 31.8 Å². The first kappa shape index (κ1) is 12.2. The van der Waals surface area contributed by atoms with Crippen LogP contribution >= 0.6 is 0 Å². The zero-order valence-corrected chi connectivity index (χ0v) is 11.0. The van der Waals surface area contributed by atoms with Crippen molar-refractivity contribution in [2.24, 2.45) is 0 Å². The lowest BCUT2D eigenvalue weighted by Crippen LogP contribution is -2.36. The van der Waals surface area contributed by atoms with Crippen LogP contribution in [0, 0.1) is 0 Å². The lowest BCUT2D eigenvalue weighted by atomic mass is 10.1. The Labute approximate surface area is 112 Å². The Hall–Kier alpha value is -1.84. The van der Waals surface area contributed by atoms with Gasteiger partial charge in [0.05, 0.1) is 6.04 Å². The number of nitrogens with one attached hydrogen (secondary N) is 1. The molecule has 1 aliphatic heterocycles. The maximum Gasteiger partial charge on any atom is 0.225 e. The van der Waals surface area contributed by atoms with Crippen molar-refractivity contribution in [2.45, 2.75) is 37.8 Å². The van der Waals surface area contributed by atoms with Crippen LogP contribution in [0.25, 0.3) is 0 Å². The fourth-order valence-corrected chi connectivity index (χ4v) is 3.02. The Morgan fingerprint density at radius 1 is 1.32 bits per heavy atom. The second-order valence-corrected chi connectivity index (χ2v) is 5.47. The number of carbonyl (C=O) groups is 2. The highest BCUT2D eigenvalue weighted by Crippen LogP contribution is 2.45. The molecule has 100 valence electrons. The second kappa shape index (κ2) is 4.68. The predicted molar refractivity (Wildman–Crippen MR) is 71.5 cm³/mol. The molecule has 2 amide bonds. The maximum atomic E-state index is 12.0. The van der Waals surface area contributed by atoms with Gasteiger partial charge < -0.3 is 10.2 Å². The Morgan fingerprint density at radius 3 is 2.74 bits per heavy atom. The molecule has 4 heteroatoms. The van der Waals surface area contributed by atoms with Gasteiger partial charge in [-0.2, -0.15) is 0 Å². The third-order valence-electron chi connectivity index (χ3n) is 3.95. The summed E-state index contributed by atoms with van der Waals surface area (Å²) in [5.41, 5.74) is 1.31. The lowest BCUT2D eigenvalue weighted by molar-refractivity contribution is -0.128. The van der Waals surface area contributed by atoms with Crippen LogP contribution in [0.1, 0.15) is 31.2 Å². The topological polar surface area (TPSA) is 49.4 Å². The van der Waals surface area contributed by atoms with Crippen molar-refractivity contribution in [2.75, 3.05) is 6.54 Å². The van der Waals surface area contributed by atoms with Crippen LogP contribution in [0.4, 0.5) is 0 Å². The fraction of sp³-hybridized carbons (Fsp3) is 0.467. The van der Waals surface area contributed by atoms with E-state index in [1.807, 2.05) is 23.1 Å². The summed E-state index contributed by atoms with van der Waals surface area (Å²) >= 11 is 0. The van der Waals surface area contributed by atoms with E-state index in [4.69, 9.17) is 0 Å². The molecule has 4 nitrogen and oxygen atoms in total. The summed E-state index contributed by atoms with van der Waals surface area (Å²) in [6.45, 7) is 2.16. The van der Waals surface area contributed by atoms with Crippen molar-refractivity contribution < 1.29 is 9.59 Å². The minimum Gasteiger partial charge on any atom is -0.351 e. The minimum atomic E-state index is -0.0601. The van der Waals surface area contributed by atoms with Crippen LogP contribution < -0.4 is 5.32 Å². The molecule has 3 rings (SSSR count). The summed E-state index contributed by atoms with van der Waals surface area (Å²) < 4.78 is 0. The first-order chi connectivity index (χ1) is 9.15. The standard InChI is InChI=1S/C15H18N2O2/c1-10(18)16-12-7-15(19)17(9-12)14-8-13(14)11-5-3-2-4-6-11/h2-6,12-14H,7-9H2,1H3,(H,16,18)/t12-,13+,14+/m1/s1. The number of amides is 2. The van der Waals surface area contributed by atoms with E-state index in [1.54, 1.807) is 0 Å². The third-order valence-corrected chi connectivity index (χ3v) is 3.95. The van der Waals surface area contributed by atoms with Gasteiger partial charge in [-0.1, -0.05) is 30.3 Å². The predicted octanol–water partition coefficient (Wildman–Crippen LogP) is 1.28. The monoisotopic (exact) mass is 258 g/mol. The molecule has 1 aliphatic carbocycles. The van der Waals surface area contributed by atoms with Crippen LogP contribution in [-0.4, -0.2) is 35.3 Å². The van der Waals surface area contributed by atoms with Gasteiger partial charge in [-0.15, -0.1) is 0 Å². The maximum absolute atomic E-state index is 12.0. The zero-order valence-electron chi connectivity index (χ0n) is 11.0. The molecule has 0 radical (unpaired) electrons. The molecule has 1 N–H and O–H groups in total. The Morgan fingerprint density at radius 2 is 2.05 bits per heavy atom. The van der Waals surface area contributed by atoms with Crippen LogP contribution in [-0.2, 0) is 9.59 Å². The molecule has 0 spiro atoms. The number of benzene rings is 1. The Kier molecular flexibility index (Phi) is 3.01. The van der Waals surface area contributed by atoms with E-state index in [-0.39, 0.29) is 17.9 Å². The molecular weight excluding hydrogens is 240 g/mol. The first-order valence-electron chi connectivity index (χ1n) is 6.76. The summed E-state index contributed by atoms with van der Waals surface area (Å²) in [5.74, 6) is 0.582. The van der Waals surface area contributed by atoms with Gasteiger partial charge >= 0.3 is 0 Å². The van der Waals surface area contributed by atoms with E-state index in [1.165, 1.54) is 12.5 Å². The molecule has 2 fully saturated rings. The van der Waals surface area contributed by atoms with Crippen LogP contribution in [0.3, 0.4) is 0 Å². The van der Waals surface area contributed by atoms with E-state index in [2.05, 4.69) is 17.4 Å². The number of likely N-dealkylation sites (tertiary alicyclic amines) is 1. The highest BCUT2D eigenvalue weighted by Gasteiger charge is 2.47. The van der Waals surface area contributed by atoms with Crippen molar-refractivity contribution in [3.05, 3.63) is 35.9 Å². The van der Waals surface area contributed by atoms with E-state index < -0.39 is 0 Å². The van der Waals surface area contributed by atoms with Crippen molar-refractivity contribution >= 4 is 11.8 Å². The van der Waals surface area contributed by atoms with E-state index in [0.717, 1.165) is 6.42 Å². The van der Waals surface area contributed by atoms with Crippen LogP contribution in [0.15, 0.2) is 30.3 Å². The van der Waals surface area contributed by atoms with Crippen molar-refractivity contribution in [3.63, 3.8) is 0 Å². The van der Waals surface area contributed by atoms with Crippen molar-refractivity contribution in [1.82, 2.24) is 10.2 Å². The van der Waals surface area contributed by atoms with Crippen LogP contribution in [0.2, 0.25) is 0 Å². The molecule has 3 atom stereocenters. The number of carbonyl (C=O) groups excluding carboxylic acids is 2. The summed E-state index contributed by atoms with van der Waals surface area (Å²) in [7, 11) is 0. The van der Waals surface area contributed by atoms with Crippen molar-refractivity contribution in [1.29, 1.82) is 0 Å². The highest BCUT2D eigenvalue weighted by molar-refractivity contribution is 5.82. The SMILES string of the molecule is CC(=O)N[C@@H]1CC(=O)N([C@H]2C[C@H]2c2ccccc2)C1. The minimum absolute atomic E-state index is 0.0120. The summed E-state index contributed by atoms with van der Waals surface area (Å²) in [6, 6.07) is 10.6. The largest absolute Gasteiger partial charge is 0.351 e.